The molecule has 4 aromatic rings. The van der Waals surface area contributed by atoms with Crippen molar-refractivity contribution in [2.75, 3.05) is 5.32 Å². The molecular formula is C22H19ClN3O+. The van der Waals surface area contributed by atoms with E-state index >= 15 is 0 Å². The predicted octanol–water partition coefficient (Wildman–Crippen LogP) is 4.92. The summed E-state index contributed by atoms with van der Waals surface area (Å²) in [5.74, 6) is 1.01. The minimum absolute atomic E-state index is 0.165. The van der Waals surface area contributed by atoms with Crippen LogP contribution in [0.3, 0.4) is 0 Å². The summed E-state index contributed by atoms with van der Waals surface area (Å²) in [5, 5.41) is 16.0. The summed E-state index contributed by atoms with van der Waals surface area (Å²) >= 11 is 6.23. The third kappa shape index (κ3) is 3.57. The van der Waals surface area contributed by atoms with Gasteiger partial charge in [0, 0.05) is 33.8 Å². The number of aryl methyl sites for hydroxylation is 1. The average Bonchev–Trinajstić information content (AvgIpc) is 2.67. The molecule has 0 aliphatic carbocycles. The Balaban J connectivity index is 1.86. The van der Waals surface area contributed by atoms with Crippen molar-refractivity contribution in [3.63, 3.8) is 0 Å². The second-order valence-electron chi connectivity index (χ2n) is 6.46. The molecule has 0 bridgehead atoms. The minimum atomic E-state index is -0.298. The molecule has 134 valence electrons. The van der Waals surface area contributed by atoms with Crippen LogP contribution >= 0.6 is 11.6 Å². The van der Waals surface area contributed by atoms with Crippen LogP contribution < -0.4 is 10.3 Å². The smallest absolute Gasteiger partial charge is 0.273 e. The zero-order chi connectivity index (χ0) is 18.8. The highest BCUT2D eigenvalue weighted by Gasteiger charge is 2.24. The van der Waals surface area contributed by atoms with Crippen molar-refractivity contribution in [1.82, 2.24) is 4.98 Å². The van der Waals surface area contributed by atoms with Gasteiger partial charge in [-0.3, -0.25) is 10.3 Å². The van der Waals surface area contributed by atoms with Crippen LogP contribution in [0.4, 0.5) is 5.82 Å². The number of nitrogens with zero attached hydrogens (tertiary/aromatic N) is 1. The van der Waals surface area contributed by atoms with Crippen LogP contribution in [0.1, 0.15) is 22.9 Å². The van der Waals surface area contributed by atoms with Gasteiger partial charge in [-0.15, -0.1) is 0 Å². The Morgan fingerprint density at radius 3 is 2.70 bits per heavy atom. The van der Waals surface area contributed by atoms with Gasteiger partial charge in [-0.2, -0.15) is 0 Å². The summed E-state index contributed by atoms with van der Waals surface area (Å²) < 4.78 is 0. The van der Waals surface area contributed by atoms with Crippen molar-refractivity contribution in [2.24, 2.45) is 0 Å². The molecule has 4 nitrogen and oxygen atoms in total. The van der Waals surface area contributed by atoms with Crippen molar-refractivity contribution in [1.29, 1.82) is 0 Å². The van der Waals surface area contributed by atoms with Crippen LogP contribution in [-0.2, 0) is 0 Å². The Labute approximate surface area is 162 Å². The number of aromatic hydroxyl groups is 1. The number of benzene rings is 2. The summed E-state index contributed by atoms with van der Waals surface area (Å²) in [6, 6.07) is 20.9. The van der Waals surface area contributed by atoms with Gasteiger partial charge >= 0.3 is 0 Å². The topological polar surface area (TPSA) is 59.3 Å². The van der Waals surface area contributed by atoms with Gasteiger partial charge in [-0.05, 0) is 37.3 Å². The number of hydrogen-bond donors (Lipinski definition) is 2. The molecule has 3 N–H and O–H groups in total. The number of aromatic amines is 1. The van der Waals surface area contributed by atoms with Crippen LogP contribution in [-0.4, -0.2) is 10.1 Å². The van der Waals surface area contributed by atoms with E-state index in [0.717, 1.165) is 28.0 Å². The second-order valence-corrected chi connectivity index (χ2v) is 6.89. The number of rotatable bonds is 4. The molecule has 0 radical (unpaired) electrons. The van der Waals surface area contributed by atoms with Crippen LogP contribution in [0.2, 0.25) is 5.02 Å². The quantitative estimate of drug-likeness (QED) is 0.531. The molecule has 2 aromatic heterocycles. The zero-order valence-electron chi connectivity index (χ0n) is 14.8. The number of nitrogens with one attached hydrogen (secondary N) is 2. The molecule has 0 amide bonds. The minimum Gasteiger partial charge on any atom is -0.505 e. The SMILES string of the molecule is Cc1cccc(N[C@H](c2cccc(Cl)c2)c2ccc3cccnc3c2O)[nH+]1. The highest BCUT2D eigenvalue weighted by Crippen LogP contribution is 2.36. The maximum atomic E-state index is 10.9. The lowest BCUT2D eigenvalue weighted by Gasteiger charge is -2.18. The molecule has 2 heterocycles. The summed E-state index contributed by atoms with van der Waals surface area (Å²) in [7, 11) is 0. The van der Waals surface area contributed by atoms with Gasteiger partial charge in [-0.1, -0.05) is 41.9 Å². The molecule has 0 aliphatic rings. The van der Waals surface area contributed by atoms with Crippen molar-refractivity contribution >= 4 is 28.3 Å². The zero-order valence-corrected chi connectivity index (χ0v) is 15.5. The average molecular weight is 377 g/mol. The van der Waals surface area contributed by atoms with Gasteiger partial charge in [0.05, 0.1) is 5.69 Å². The van der Waals surface area contributed by atoms with E-state index in [9.17, 15) is 5.11 Å². The maximum Gasteiger partial charge on any atom is 0.273 e. The Morgan fingerprint density at radius 2 is 1.89 bits per heavy atom. The number of phenolic OH excluding ortho intramolecular Hbond substituents is 1. The highest BCUT2D eigenvalue weighted by molar-refractivity contribution is 6.30. The molecule has 0 saturated heterocycles. The van der Waals surface area contributed by atoms with E-state index in [1.807, 2.05) is 73.7 Å². The van der Waals surface area contributed by atoms with Crippen molar-refractivity contribution in [2.45, 2.75) is 13.0 Å². The third-order valence-electron chi connectivity index (χ3n) is 4.51. The van der Waals surface area contributed by atoms with E-state index in [2.05, 4.69) is 15.3 Å². The molecule has 2 aromatic carbocycles. The standard InChI is InChI=1S/C22H18ClN3O/c1-14-5-2-9-19(25-14)26-20(16-6-3-8-17(23)13-16)18-11-10-15-7-4-12-24-21(15)22(18)27/h2-13,20,27H,1H3,(H,25,26)/p+1/t20-/m1/s1. The summed E-state index contributed by atoms with van der Waals surface area (Å²) in [5.41, 5.74) is 3.30. The molecule has 27 heavy (non-hydrogen) atoms. The van der Waals surface area contributed by atoms with E-state index in [4.69, 9.17) is 11.6 Å². The number of phenols is 1. The first-order valence-corrected chi connectivity index (χ1v) is 9.07. The van der Waals surface area contributed by atoms with Crippen molar-refractivity contribution < 1.29 is 10.1 Å². The first kappa shape index (κ1) is 17.3. The predicted molar refractivity (Wildman–Crippen MR) is 108 cm³/mol. The first-order chi connectivity index (χ1) is 13.1. The fourth-order valence-corrected chi connectivity index (χ4v) is 3.43. The lowest BCUT2D eigenvalue weighted by Crippen LogP contribution is -2.20. The summed E-state index contributed by atoms with van der Waals surface area (Å²) in [6.07, 6.45) is 1.68. The molecular weight excluding hydrogens is 358 g/mol. The number of aromatic nitrogens is 2. The number of halogens is 1. The number of pyridine rings is 2. The fraction of sp³-hybridized carbons (Fsp3) is 0.0909. The van der Waals surface area contributed by atoms with Gasteiger partial charge < -0.3 is 5.11 Å². The lowest BCUT2D eigenvalue weighted by molar-refractivity contribution is -0.371. The number of anilines is 1. The first-order valence-electron chi connectivity index (χ1n) is 8.69. The van der Waals surface area contributed by atoms with Crippen molar-refractivity contribution in [3.05, 3.63) is 94.8 Å². The summed E-state index contributed by atoms with van der Waals surface area (Å²) in [6.45, 7) is 2.00. The molecule has 0 aliphatic heterocycles. The normalized spacial score (nSPS) is 12.1. The molecule has 1 atom stereocenters. The lowest BCUT2D eigenvalue weighted by atomic mass is 9.96. The highest BCUT2D eigenvalue weighted by atomic mass is 35.5. The van der Waals surface area contributed by atoms with Crippen LogP contribution in [0.5, 0.6) is 5.75 Å². The molecule has 0 unspecified atom stereocenters. The van der Waals surface area contributed by atoms with Gasteiger partial charge in [0.15, 0.2) is 0 Å². The van der Waals surface area contributed by atoms with Crippen LogP contribution in [0, 0.1) is 6.92 Å². The largest absolute Gasteiger partial charge is 0.505 e. The van der Waals surface area contributed by atoms with Gasteiger partial charge in [0.25, 0.3) is 5.82 Å². The van der Waals surface area contributed by atoms with Crippen LogP contribution in [0.15, 0.2) is 72.9 Å². The van der Waals surface area contributed by atoms with Gasteiger partial charge in [-0.25, -0.2) is 4.98 Å². The van der Waals surface area contributed by atoms with Gasteiger partial charge in [0.2, 0.25) is 0 Å². The van der Waals surface area contributed by atoms with Crippen LogP contribution in [0.25, 0.3) is 10.9 Å². The molecule has 0 fully saturated rings. The number of fused-ring (bicyclic) bond motifs is 1. The van der Waals surface area contributed by atoms with E-state index in [1.54, 1.807) is 6.20 Å². The summed E-state index contributed by atoms with van der Waals surface area (Å²) in [4.78, 5) is 7.65. The molecule has 0 saturated carbocycles. The Hall–Kier alpha value is -3.11. The Bertz CT molecular complexity index is 1110. The molecule has 0 spiro atoms. The maximum absolute atomic E-state index is 10.9. The molecule has 5 heteroatoms. The van der Waals surface area contributed by atoms with E-state index < -0.39 is 0 Å². The van der Waals surface area contributed by atoms with Gasteiger partial charge in [0.1, 0.15) is 17.3 Å². The number of H-pyrrole nitrogens is 1. The Kier molecular flexibility index (Phi) is 4.65. The fourth-order valence-electron chi connectivity index (χ4n) is 3.23. The number of hydrogen-bond acceptors (Lipinski definition) is 3. The van der Waals surface area contributed by atoms with E-state index in [0.29, 0.717) is 10.5 Å². The second kappa shape index (κ2) is 7.25. The van der Waals surface area contributed by atoms with E-state index in [-0.39, 0.29) is 11.8 Å². The molecule has 4 rings (SSSR count). The monoisotopic (exact) mass is 376 g/mol. The third-order valence-corrected chi connectivity index (χ3v) is 4.75. The van der Waals surface area contributed by atoms with E-state index in [1.165, 1.54) is 0 Å². The van der Waals surface area contributed by atoms with Crippen molar-refractivity contribution in [3.8, 4) is 5.75 Å². The Morgan fingerprint density at radius 1 is 1.04 bits per heavy atom.